The average molecular weight is 261 g/mol. The molecule has 0 saturated heterocycles. The van der Waals surface area contributed by atoms with Crippen LogP contribution in [0.2, 0.25) is 0 Å². The minimum Gasteiger partial charge on any atom is -0.422 e. The summed E-state index contributed by atoms with van der Waals surface area (Å²) in [5.41, 5.74) is 1.01. The van der Waals surface area contributed by atoms with Crippen molar-refractivity contribution in [3.8, 4) is 10.6 Å². The quantitative estimate of drug-likeness (QED) is 0.631. The van der Waals surface area contributed by atoms with Gasteiger partial charge in [-0.3, -0.25) is 0 Å². The van der Waals surface area contributed by atoms with E-state index in [1.807, 2.05) is 12.3 Å². The van der Waals surface area contributed by atoms with Crippen LogP contribution in [0.25, 0.3) is 21.5 Å². The number of aryl methyl sites for hydroxylation is 1. The summed E-state index contributed by atoms with van der Waals surface area (Å²) < 4.78 is 18.1. The maximum absolute atomic E-state index is 13.0. The highest BCUT2D eigenvalue weighted by molar-refractivity contribution is 7.13. The van der Waals surface area contributed by atoms with Crippen molar-refractivity contribution in [2.45, 2.75) is 6.92 Å². The van der Waals surface area contributed by atoms with Gasteiger partial charge in [0.2, 0.25) is 0 Å². The van der Waals surface area contributed by atoms with Gasteiger partial charge in [0.25, 0.3) is 0 Å². The number of fused-ring (bicyclic) bond motifs is 1. The van der Waals surface area contributed by atoms with Crippen LogP contribution in [-0.4, -0.2) is 4.98 Å². The number of halogens is 1. The van der Waals surface area contributed by atoms with Crippen molar-refractivity contribution < 1.29 is 8.81 Å². The molecule has 0 aliphatic carbocycles. The zero-order valence-corrected chi connectivity index (χ0v) is 10.3. The van der Waals surface area contributed by atoms with Gasteiger partial charge in [-0.15, -0.1) is 11.3 Å². The van der Waals surface area contributed by atoms with Crippen molar-refractivity contribution in [1.29, 1.82) is 0 Å². The van der Waals surface area contributed by atoms with Gasteiger partial charge < -0.3 is 4.42 Å². The molecule has 3 aromatic rings. The standard InChI is InChI=1S/C13H8FNO2S/c1-7-6-18-12(15-7)10-4-8-2-3-9(14)5-11(8)17-13(10)16/h2-6H,1H3. The van der Waals surface area contributed by atoms with E-state index in [0.717, 1.165) is 5.69 Å². The Bertz CT molecular complexity index is 791. The molecule has 90 valence electrons. The zero-order valence-electron chi connectivity index (χ0n) is 9.44. The Kier molecular flexibility index (Phi) is 2.48. The molecule has 0 radical (unpaired) electrons. The number of hydrogen-bond donors (Lipinski definition) is 0. The zero-order chi connectivity index (χ0) is 12.7. The predicted octanol–water partition coefficient (Wildman–Crippen LogP) is 3.36. The fourth-order valence-electron chi connectivity index (χ4n) is 1.71. The van der Waals surface area contributed by atoms with Crippen molar-refractivity contribution in [3.63, 3.8) is 0 Å². The molecule has 2 heterocycles. The molecule has 3 rings (SSSR count). The molecule has 0 unspecified atom stereocenters. The summed E-state index contributed by atoms with van der Waals surface area (Å²) in [6.45, 7) is 1.86. The lowest BCUT2D eigenvalue weighted by Gasteiger charge is -1.99. The van der Waals surface area contributed by atoms with E-state index in [9.17, 15) is 9.18 Å². The molecule has 0 spiro atoms. The normalized spacial score (nSPS) is 11.0. The van der Waals surface area contributed by atoms with Crippen molar-refractivity contribution in [2.24, 2.45) is 0 Å². The van der Waals surface area contributed by atoms with Gasteiger partial charge >= 0.3 is 5.63 Å². The van der Waals surface area contributed by atoms with E-state index < -0.39 is 11.4 Å². The third-order valence-corrected chi connectivity index (χ3v) is 3.54. The largest absolute Gasteiger partial charge is 0.422 e. The van der Waals surface area contributed by atoms with Gasteiger partial charge in [0, 0.05) is 22.5 Å². The molecule has 0 fully saturated rings. The maximum atomic E-state index is 13.0. The van der Waals surface area contributed by atoms with Crippen LogP contribution in [-0.2, 0) is 0 Å². The lowest BCUT2D eigenvalue weighted by Crippen LogP contribution is -2.02. The van der Waals surface area contributed by atoms with E-state index in [1.54, 1.807) is 12.1 Å². The fourth-order valence-corrected chi connectivity index (χ4v) is 2.51. The van der Waals surface area contributed by atoms with E-state index in [2.05, 4.69) is 4.98 Å². The summed E-state index contributed by atoms with van der Waals surface area (Å²) in [6.07, 6.45) is 0. The second kappa shape index (κ2) is 4.03. The van der Waals surface area contributed by atoms with Gasteiger partial charge in [-0.1, -0.05) is 0 Å². The van der Waals surface area contributed by atoms with Crippen LogP contribution in [0.15, 0.2) is 38.9 Å². The Morgan fingerprint density at radius 2 is 2.17 bits per heavy atom. The molecule has 2 aromatic heterocycles. The van der Waals surface area contributed by atoms with Gasteiger partial charge in [0.15, 0.2) is 0 Å². The van der Waals surface area contributed by atoms with Gasteiger partial charge in [-0.2, -0.15) is 0 Å². The van der Waals surface area contributed by atoms with Crippen LogP contribution in [0.4, 0.5) is 4.39 Å². The van der Waals surface area contributed by atoms with Crippen molar-refractivity contribution >= 4 is 22.3 Å². The fraction of sp³-hybridized carbons (Fsp3) is 0.0769. The molecule has 0 aliphatic rings. The molecule has 5 heteroatoms. The average Bonchev–Trinajstić information content (AvgIpc) is 2.74. The van der Waals surface area contributed by atoms with Crippen LogP contribution >= 0.6 is 11.3 Å². The highest BCUT2D eigenvalue weighted by Crippen LogP contribution is 2.24. The van der Waals surface area contributed by atoms with Crippen LogP contribution in [0.1, 0.15) is 5.69 Å². The third kappa shape index (κ3) is 1.82. The summed E-state index contributed by atoms with van der Waals surface area (Å²) in [6, 6.07) is 5.79. The molecule has 0 atom stereocenters. The molecule has 0 amide bonds. The minimum atomic E-state index is -0.498. The van der Waals surface area contributed by atoms with E-state index in [1.165, 1.54) is 23.5 Å². The third-order valence-electron chi connectivity index (χ3n) is 2.55. The Hall–Kier alpha value is -2.01. The monoisotopic (exact) mass is 261 g/mol. The Morgan fingerprint density at radius 3 is 2.89 bits per heavy atom. The van der Waals surface area contributed by atoms with E-state index in [0.29, 0.717) is 16.0 Å². The molecular weight excluding hydrogens is 253 g/mol. The Labute approximate surface area is 106 Å². The first kappa shape index (κ1) is 11.1. The van der Waals surface area contributed by atoms with Crippen molar-refractivity contribution in [1.82, 2.24) is 4.98 Å². The van der Waals surface area contributed by atoms with E-state index in [-0.39, 0.29) is 5.58 Å². The van der Waals surface area contributed by atoms with Crippen LogP contribution in [0, 0.1) is 12.7 Å². The molecule has 0 aliphatic heterocycles. The summed E-state index contributed by atoms with van der Waals surface area (Å²) in [4.78, 5) is 16.1. The first-order valence-electron chi connectivity index (χ1n) is 5.29. The minimum absolute atomic E-state index is 0.247. The molecule has 3 nitrogen and oxygen atoms in total. The highest BCUT2D eigenvalue weighted by Gasteiger charge is 2.11. The lowest BCUT2D eigenvalue weighted by molar-refractivity contribution is 0.556. The Balaban J connectivity index is 2.28. The molecule has 0 saturated carbocycles. The molecule has 0 bridgehead atoms. The van der Waals surface area contributed by atoms with E-state index >= 15 is 0 Å². The topological polar surface area (TPSA) is 43.1 Å². The molecule has 18 heavy (non-hydrogen) atoms. The first-order valence-corrected chi connectivity index (χ1v) is 6.17. The SMILES string of the molecule is Cc1csc(-c2cc3ccc(F)cc3oc2=O)n1. The maximum Gasteiger partial charge on any atom is 0.346 e. The second-order valence-electron chi connectivity index (χ2n) is 3.92. The summed E-state index contributed by atoms with van der Waals surface area (Å²) in [5, 5.41) is 3.16. The van der Waals surface area contributed by atoms with Crippen molar-refractivity contribution in [2.75, 3.05) is 0 Å². The smallest absolute Gasteiger partial charge is 0.346 e. The number of benzene rings is 1. The van der Waals surface area contributed by atoms with Gasteiger partial charge in [0.05, 0.1) is 5.56 Å². The summed E-state index contributed by atoms with van der Waals surface area (Å²) >= 11 is 1.38. The molecule has 0 N–H and O–H groups in total. The lowest BCUT2D eigenvalue weighted by atomic mass is 10.2. The van der Waals surface area contributed by atoms with E-state index in [4.69, 9.17) is 4.42 Å². The highest BCUT2D eigenvalue weighted by atomic mass is 32.1. The van der Waals surface area contributed by atoms with Crippen LogP contribution < -0.4 is 5.63 Å². The second-order valence-corrected chi connectivity index (χ2v) is 4.78. The summed E-state index contributed by atoms with van der Waals surface area (Å²) in [7, 11) is 0. The number of rotatable bonds is 1. The Morgan fingerprint density at radius 1 is 1.33 bits per heavy atom. The number of hydrogen-bond acceptors (Lipinski definition) is 4. The van der Waals surface area contributed by atoms with Gasteiger partial charge in [0.1, 0.15) is 16.4 Å². The van der Waals surface area contributed by atoms with Gasteiger partial charge in [-0.25, -0.2) is 14.2 Å². The van der Waals surface area contributed by atoms with Crippen molar-refractivity contribution in [3.05, 3.63) is 51.6 Å². The predicted molar refractivity (Wildman–Crippen MR) is 68.3 cm³/mol. The number of aromatic nitrogens is 1. The first-order chi connectivity index (χ1) is 8.63. The van der Waals surface area contributed by atoms with Crippen LogP contribution in [0.5, 0.6) is 0 Å². The molecule has 1 aromatic carbocycles. The summed E-state index contributed by atoms with van der Waals surface area (Å²) in [5.74, 6) is -0.427. The van der Waals surface area contributed by atoms with Crippen LogP contribution in [0.3, 0.4) is 0 Å². The number of nitrogens with zero attached hydrogens (tertiary/aromatic N) is 1. The number of thiazole rings is 1. The molecular formula is C13H8FNO2S. The van der Waals surface area contributed by atoms with Gasteiger partial charge in [-0.05, 0) is 25.1 Å².